The highest BCUT2D eigenvalue weighted by atomic mass is 31.1. The van der Waals surface area contributed by atoms with Crippen LogP contribution >= 0.6 is 7.92 Å². The molecule has 0 heterocycles. The molecule has 1 heteroatoms. The molecule has 0 aliphatic rings. The first-order valence-electron chi connectivity index (χ1n) is 5.91. The van der Waals surface area contributed by atoms with Crippen LogP contribution < -0.4 is 10.6 Å². The summed E-state index contributed by atoms with van der Waals surface area (Å²) in [5.74, 6) is 0. The van der Waals surface area contributed by atoms with Crippen LogP contribution in [0.3, 0.4) is 0 Å². The molecule has 0 amide bonds. The summed E-state index contributed by atoms with van der Waals surface area (Å²) in [6.45, 7) is 6.44. The molecule has 0 spiro atoms. The van der Waals surface area contributed by atoms with Crippen LogP contribution in [-0.4, -0.2) is 0 Å². The topological polar surface area (TPSA) is 0 Å². The Morgan fingerprint density at radius 2 is 1.29 bits per heavy atom. The Morgan fingerprint density at radius 3 is 1.65 bits per heavy atom. The molecule has 0 fully saturated rings. The van der Waals surface area contributed by atoms with E-state index in [-0.39, 0.29) is 0 Å². The van der Waals surface area contributed by atoms with Gasteiger partial charge in [-0.1, -0.05) is 74.2 Å². The third-order valence-electron chi connectivity index (χ3n) is 2.75. The molecule has 0 bridgehead atoms. The molecule has 0 atom stereocenters. The summed E-state index contributed by atoms with van der Waals surface area (Å²) in [7, 11) is -0.407. The predicted octanol–water partition coefficient (Wildman–Crippen LogP) is 4.04. The second kappa shape index (κ2) is 5.80. The van der Waals surface area contributed by atoms with Crippen LogP contribution in [0.15, 0.2) is 72.6 Å². The Morgan fingerprint density at radius 1 is 0.882 bits per heavy atom. The van der Waals surface area contributed by atoms with E-state index in [1.807, 2.05) is 0 Å². The van der Waals surface area contributed by atoms with Gasteiger partial charge in [0, 0.05) is 0 Å². The normalized spacial score (nSPS) is 10.5. The Labute approximate surface area is 105 Å². The molecule has 0 radical (unpaired) electrons. The third-order valence-corrected chi connectivity index (χ3v) is 5.33. The van der Waals surface area contributed by atoms with E-state index in [9.17, 15) is 0 Å². The maximum atomic E-state index is 4.26. The van der Waals surface area contributed by atoms with Gasteiger partial charge >= 0.3 is 0 Å². The summed E-state index contributed by atoms with van der Waals surface area (Å²) in [6.07, 6.45) is 1.04. The van der Waals surface area contributed by atoms with E-state index in [0.717, 1.165) is 6.42 Å². The Balaban J connectivity index is 2.43. The molecule has 0 aliphatic carbocycles. The van der Waals surface area contributed by atoms with E-state index in [4.69, 9.17) is 0 Å². The summed E-state index contributed by atoms with van der Waals surface area (Å²) in [5, 5.41) is 4.11. The first-order chi connectivity index (χ1) is 8.33. The average molecular weight is 240 g/mol. The lowest BCUT2D eigenvalue weighted by molar-refractivity contribution is 1.20. The summed E-state index contributed by atoms with van der Waals surface area (Å²) in [5.41, 5.74) is 0. The van der Waals surface area contributed by atoms with E-state index in [1.54, 1.807) is 0 Å². The average Bonchev–Trinajstić information content (AvgIpc) is 2.41. The molecule has 0 aliphatic heterocycles. The Kier molecular flexibility index (Phi) is 4.12. The van der Waals surface area contributed by atoms with E-state index in [0.29, 0.717) is 0 Å². The van der Waals surface area contributed by atoms with Crippen LogP contribution in [0.25, 0.3) is 0 Å². The van der Waals surface area contributed by atoms with Gasteiger partial charge in [0.15, 0.2) is 0 Å². The number of allylic oxidation sites excluding steroid dienone is 1. The van der Waals surface area contributed by atoms with Crippen molar-refractivity contribution in [3.63, 3.8) is 0 Å². The Hall–Kier alpha value is -1.39. The molecule has 2 aromatic carbocycles. The van der Waals surface area contributed by atoms with Gasteiger partial charge in [-0.25, -0.2) is 0 Å². The highest BCUT2D eigenvalue weighted by Crippen LogP contribution is 2.43. The lowest BCUT2D eigenvalue weighted by Crippen LogP contribution is -2.12. The van der Waals surface area contributed by atoms with Crippen LogP contribution in [-0.2, 0) is 0 Å². The first kappa shape index (κ1) is 12.1. The lowest BCUT2D eigenvalue weighted by Gasteiger charge is -2.20. The van der Waals surface area contributed by atoms with E-state index >= 15 is 0 Å². The van der Waals surface area contributed by atoms with Gasteiger partial charge in [-0.3, -0.25) is 0 Å². The predicted molar refractivity (Wildman–Crippen MR) is 78.5 cm³/mol. The number of hydrogen-bond acceptors (Lipinski definition) is 0. The van der Waals surface area contributed by atoms with Gasteiger partial charge < -0.3 is 0 Å². The highest BCUT2D eigenvalue weighted by molar-refractivity contribution is 7.76. The van der Waals surface area contributed by atoms with Crippen molar-refractivity contribution in [2.45, 2.75) is 13.3 Å². The third kappa shape index (κ3) is 2.84. The molecule has 17 heavy (non-hydrogen) atoms. The highest BCUT2D eigenvalue weighted by Gasteiger charge is 2.15. The summed E-state index contributed by atoms with van der Waals surface area (Å²) in [6, 6.07) is 21.4. The van der Waals surface area contributed by atoms with Gasteiger partial charge in [0.2, 0.25) is 0 Å². The fourth-order valence-electron chi connectivity index (χ4n) is 1.83. The van der Waals surface area contributed by atoms with Crippen molar-refractivity contribution in [1.82, 2.24) is 0 Å². The van der Waals surface area contributed by atoms with Gasteiger partial charge in [-0.05, 0) is 30.3 Å². The van der Waals surface area contributed by atoms with Crippen LogP contribution in [0, 0.1) is 0 Å². The standard InChI is InChI=1S/C16H17P/c1-3-14(2)17(15-10-6-4-7-11-15)16-12-8-5-9-13-16/h4-13H,2-3H2,1H3. The fourth-order valence-corrected chi connectivity index (χ4v) is 4.11. The maximum Gasteiger partial charge on any atom is -0.0154 e. The van der Waals surface area contributed by atoms with Crippen molar-refractivity contribution < 1.29 is 0 Å². The zero-order chi connectivity index (χ0) is 12.1. The van der Waals surface area contributed by atoms with Crippen molar-refractivity contribution >= 4 is 18.5 Å². The molecular formula is C16H17P. The largest absolute Gasteiger partial charge is 0.0947 e. The number of rotatable bonds is 4. The SMILES string of the molecule is C=C(CC)P(c1ccccc1)c1ccccc1. The van der Waals surface area contributed by atoms with Gasteiger partial charge in [-0.15, -0.1) is 0 Å². The summed E-state index contributed by atoms with van der Waals surface area (Å²) >= 11 is 0. The van der Waals surface area contributed by atoms with E-state index in [1.165, 1.54) is 15.9 Å². The molecule has 0 saturated carbocycles. The van der Waals surface area contributed by atoms with Gasteiger partial charge in [-0.2, -0.15) is 0 Å². The smallest absolute Gasteiger partial charge is 0.0154 e. The second-order valence-electron chi connectivity index (χ2n) is 3.93. The Bertz CT molecular complexity index is 434. The minimum absolute atomic E-state index is 0.407. The summed E-state index contributed by atoms with van der Waals surface area (Å²) < 4.78 is 0. The van der Waals surface area contributed by atoms with Crippen molar-refractivity contribution in [2.75, 3.05) is 0 Å². The van der Waals surface area contributed by atoms with Crippen LogP contribution in [0.4, 0.5) is 0 Å². The van der Waals surface area contributed by atoms with Gasteiger partial charge in [0.05, 0.1) is 0 Å². The molecule has 0 aromatic heterocycles. The van der Waals surface area contributed by atoms with Crippen LogP contribution in [0.5, 0.6) is 0 Å². The molecule has 2 rings (SSSR count). The van der Waals surface area contributed by atoms with E-state index in [2.05, 4.69) is 74.2 Å². The zero-order valence-electron chi connectivity index (χ0n) is 10.1. The molecular weight excluding hydrogens is 223 g/mol. The van der Waals surface area contributed by atoms with Crippen molar-refractivity contribution in [3.8, 4) is 0 Å². The van der Waals surface area contributed by atoms with E-state index < -0.39 is 7.92 Å². The number of hydrogen-bond donors (Lipinski definition) is 0. The molecule has 0 nitrogen and oxygen atoms in total. The molecule has 0 N–H and O–H groups in total. The van der Waals surface area contributed by atoms with Crippen molar-refractivity contribution in [3.05, 3.63) is 72.6 Å². The molecule has 0 saturated heterocycles. The second-order valence-corrected chi connectivity index (χ2v) is 6.26. The minimum Gasteiger partial charge on any atom is -0.0947 e. The van der Waals surface area contributed by atoms with Gasteiger partial charge in [0.1, 0.15) is 0 Å². The quantitative estimate of drug-likeness (QED) is 0.707. The number of benzene rings is 2. The lowest BCUT2D eigenvalue weighted by atomic mass is 10.4. The fraction of sp³-hybridized carbons (Fsp3) is 0.125. The van der Waals surface area contributed by atoms with Crippen molar-refractivity contribution in [1.29, 1.82) is 0 Å². The minimum atomic E-state index is -0.407. The van der Waals surface area contributed by atoms with Gasteiger partial charge in [0.25, 0.3) is 0 Å². The molecule has 2 aromatic rings. The van der Waals surface area contributed by atoms with Crippen LogP contribution in [0.1, 0.15) is 13.3 Å². The summed E-state index contributed by atoms with van der Waals surface area (Å²) in [4.78, 5) is 0. The monoisotopic (exact) mass is 240 g/mol. The van der Waals surface area contributed by atoms with Crippen molar-refractivity contribution in [2.24, 2.45) is 0 Å². The zero-order valence-corrected chi connectivity index (χ0v) is 11.0. The molecule has 0 unspecified atom stereocenters. The maximum absolute atomic E-state index is 4.26. The molecule has 86 valence electrons. The van der Waals surface area contributed by atoms with Crippen LogP contribution in [0.2, 0.25) is 0 Å². The first-order valence-corrected chi connectivity index (χ1v) is 7.25.